The maximum Gasteiger partial charge on any atom is 0.356 e. The Bertz CT molecular complexity index is 739. The Labute approximate surface area is 130 Å². The number of nitrogens with zero attached hydrogens (tertiary/aromatic N) is 3. The summed E-state index contributed by atoms with van der Waals surface area (Å²) in [6.45, 7) is 0.241. The topological polar surface area (TPSA) is 86.5 Å². The van der Waals surface area contributed by atoms with Crippen molar-refractivity contribution < 1.29 is 23.8 Å². The number of carbonyl (C=O) groups is 1. The molecular weight excluding hydrogens is 308 g/mol. The molecule has 1 saturated heterocycles. The maximum absolute atomic E-state index is 13.5. The van der Waals surface area contributed by atoms with Gasteiger partial charge in [0.2, 0.25) is 0 Å². The van der Waals surface area contributed by atoms with E-state index in [2.05, 4.69) is 9.97 Å². The van der Waals surface area contributed by atoms with Gasteiger partial charge in [0, 0.05) is 6.54 Å². The minimum absolute atomic E-state index is 0.196. The second-order valence-electron chi connectivity index (χ2n) is 5.30. The molecule has 23 heavy (non-hydrogen) atoms. The molecule has 0 saturated carbocycles. The number of carboxylic acids is 1. The van der Waals surface area contributed by atoms with Crippen LogP contribution in [-0.4, -0.2) is 38.8 Å². The summed E-state index contributed by atoms with van der Waals surface area (Å²) < 4.78 is 26.5. The van der Waals surface area contributed by atoms with E-state index < -0.39 is 29.7 Å². The second-order valence-corrected chi connectivity index (χ2v) is 5.30. The van der Waals surface area contributed by atoms with Gasteiger partial charge in [-0.3, -0.25) is 0 Å². The highest BCUT2D eigenvalue weighted by Crippen LogP contribution is 2.35. The quantitative estimate of drug-likeness (QED) is 0.896. The molecule has 6 nitrogen and oxygen atoms in total. The van der Waals surface area contributed by atoms with Crippen molar-refractivity contribution in [3.05, 3.63) is 53.5 Å². The fourth-order valence-corrected chi connectivity index (χ4v) is 2.68. The Morgan fingerprint density at radius 2 is 2.00 bits per heavy atom. The van der Waals surface area contributed by atoms with Gasteiger partial charge in [0.15, 0.2) is 17.3 Å². The highest BCUT2D eigenvalue weighted by atomic mass is 19.2. The van der Waals surface area contributed by atoms with E-state index in [-0.39, 0.29) is 12.2 Å². The van der Waals surface area contributed by atoms with Crippen LogP contribution in [0.1, 0.15) is 28.5 Å². The molecular formula is C15H13F2N3O3. The number of aromatic nitrogens is 2. The maximum atomic E-state index is 13.5. The molecule has 1 aliphatic heterocycles. The number of benzene rings is 1. The van der Waals surface area contributed by atoms with Crippen molar-refractivity contribution in [1.82, 2.24) is 9.97 Å². The number of rotatable bonds is 3. The van der Waals surface area contributed by atoms with Crippen molar-refractivity contribution in [2.24, 2.45) is 0 Å². The zero-order chi connectivity index (χ0) is 16.6. The van der Waals surface area contributed by atoms with Gasteiger partial charge in [0.05, 0.1) is 24.5 Å². The molecule has 2 heterocycles. The highest BCUT2D eigenvalue weighted by Gasteiger charge is 2.33. The number of hydrogen-bond donors (Lipinski definition) is 2. The molecule has 1 aliphatic rings. The zero-order valence-corrected chi connectivity index (χ0v) is 11.9. The molecule has 0 radical (unpaired) electrons. The highest BCUT2D eigenvalue weighted by molar-refractivity contribution is 5.84. The summed E-state index contributed by atoms with van der Waals surface area (Å²) in [5.41, 5.74) is 0.308. The van der Waals surface area contributed by atoms with Crippen LogP contribution >= 0.6 is 0 Å². The van der Waals surface area contributed by atoms with E-state index in [4.69, 9.17) is 5.11 Å². The molecule has 120 valence electrons. The van der Waals surface area contributed by atoms with Crippen LogP contribution in [0.25, 0.3) is 0 Å². The first-order chi connectivity index (χ1) is 11.0. The molecule has 2 atom stereocenters. The lowest BCUT2D eigenvalue weighted by atomic mass is 10.0. The van der Waals surface area contributed by atoms with Crippen LogP contribution in [0.4, 0.5) is 14.6 Å². The van der Waals surface area contributed by atoms with Gasteiger partial charge < -0.3 is 15.1 Å². The normalized spacial score (nSPS) is 20.7. The summed E-state index contributed by atoms with van der Waals surface area (Å²) in [6.07, 6.45) is 2.07. The number of aliphatic hydroxyl groups is 1. The largest absolute Gasteiger partial charge is 0.476 e. The lowest BCUT2D eigenvalue weighted by molar-refractivity contribution is 0.0690. The van der Waals surface area contributed by atoms with Gasteiger partial charge in [0.1, 0.15) is 5.82 Å². The van der Waals surface area contributed by atoms with E-state index in [9.17, 15) is 18.7 Å². The Balaban J connectivity index is 1.92. The predicted molar refractivity (Wildman–Crippen MR) is 76.1 cm³/mol. The van der Waals surface area contributed by atoms with E-state index in [1.807, 2.05) is 0 Å². The van der Waals surface area contributed by atoms with Crippen LogP contribution in [0.2, 0.25) is 0 Å². The Morgan fingerprint density at radius 1 is 1.22 bits per heavy atom. The van der Waals surface area contributed by atoms with Gasteiger partial charge in [-0.05, 0) is 24.1 Å². The summed E-state index contributed by atoms with van der Waals surface area (Å²) in [5.74, 6) is -2.73. The molecule has 2 aromatic rings. The molecule has 2 unspecified atom stereocenters. The van der Waals surface area contributed by atoms with E-state index >= 15 is 0 Å². The number of aromatic carboxylic acids is 1. The van der Waals surface area contributed by atoms with Crippen molar-refractivity contribution >= 4 is 11.8 Å². The van der Waals surface area contributed by atoms with E-state index in [1.54, 1.807) is 4.90 Å². The third-order valence-corrected chi connectivity index (χ3v) is 3.76. The minimum Gasteiger partial charge on any atom is -0.476 e. The number of anilines is 1. The van der Waals surface area contributed by atoms with Crippen LogP contribution in [0.3, 0.4) is 0 Å². The number of carboxylic acid groups (broad SMARTS) is 1. The lowest BCUT2D eigenvalue weighted by Gasteiger charge is -2.25. The first-order valence-corrected chi connectivity index (χ1v) is 6.90. The molecule has 1 aromatic carbocycles. The van der Waals surface area contributed by atoms with Gasteiger partial charge in [-0.1, -0.05) is 6.07 Å². The standard InChI is InChI=1S/C15H13F2N3O3/c16-10-2-1-8(3-11(10)17)13-4-9(21)7-20(13)14-6-18-12(5-19-14)15(22)23/h1-3,5-6,9,13,21H,4,7H2,(H,22,23). The van der Waals surface area contributed by atoms with E-state index in [0.29, 0.717) is 17.8 Å². The van der Waals surface area contributed by atoms with Crippen molar-refractivity contribution in [1.29, 1.82) is 0 Å². The summed E-state index contributed by atoms with van der Waals surface area (Å²) in [7, 11) is 0. The predicted octanol–water partition coefficient (Wildman–Crippen LogP) is 1.77. The van der Waals surface area contributed by atoms with Crippen LogP contribution in [-0.2, 0) is 0 Å². The monoisotopic (exact) mass is 321 g/mol. The first-order valence-electron chi connectivity index (χ1n) is 6.90. The number of aliphatic hydroxyl groups excluding tert-OH is 1. The molecule has 8 heteroatoms. The molecule has 0 amide bonds. The van der Waals surface area contributed by atoms with Gasteiger partial charge in [-0.15, -0.1) is 0 Å². The zero-order valence-electron chi connectivity index (χ0n) is 11.9. The fourth-order valence-electron chi connectivity index (χ4n) is 2.68. The Kier molecular flexibility index (Phi) is 3.91. The van der Waals surface area contributed by atoms with Gasteiger partial charge in [-0.25, -0.2) is 23.5 Å². The number of hydrogen-bond acceptors (Lipinski definition) is 5. The molecule has 0 aliphatic carbocycles. The van der Waals surface area contributed by atoms with Gasteiger partial charge >= 0.3 is 5.97 Å². The third kappa shape index (κ3) is 2.98. The van der Waals surface area contributed by atoms with Crippen LogP contribution < -0.4 is 4.90 Å². The summed E-state index contributed by atoms with van der Waals surface area (Å²) in [4.78, 5) is 20.3. The Morgan fingerprint density at radius 3 is 2.61 bits per heavy atom. The van der Waals surface area contributed by atoms with Crippen molar-refractivity contribution in [2.45, 2.75) is 18.6 Å². The van der Waals surface area contributed by atoms with Crippen molar-refractivity contribution in [3.8, 4) is 0 Å². The fraction of sp³-hybridized carbons (Fsp3) is 0.267. The summed E-state index contributed by atoms with van der Waals surface area (Å²) in [6, 6.07) is 3.18. The molecule has 3 rings (SSSR count). The average molecular weight is 321 g/mol. The molecule has 1 fully saturated rings. The van der Waals surface area contributed by atoms with E-state index in [1.165, 1.54) is 12.3 Å². The SMILES string of the molecule is O=C(O)c1cnc(N2CC(O)CC2c2ccc(F)c(F)c2)cn1. The van der Waals surface area contributed by atoms with Crippen LogP contribution in [0, 0.1) is 11.6 Å². The lowest BCUT2D eigenvalue weighted by Crippen LogP contribution is -2.25. The van der Waals surface area contributed by atoms with Crippen LogP contribution in [0.15, 0.2) is 30.6 Å². The molecule has 0 bridgehead atoms. The smallest absolute Gasteiger partial charge is 0.356 e. The minimum atomic E-state index is -1.19. The van der Waals surface area contributed by atoms with E-state index in [0.717, 1.165) is 18.3 Å². The van der Waals surface area contributed by atoms with Crippen molar-refractivity contribution in [2.75, 3.05) is 11.4 Å². The van der Waals surface area contributed by atoms with Gasteiger partial charge in [-0.2, -0.15) is 0 Å². The van der Waals surface area contributed by atoms with Crippen molar-refractivity contribution in [3.63, 3.8) is 0 Å². The van der Waals surface area contributed by atoms with Gasteiger partial charge in [0.25, 0.3) is 0 Å². The molecule has 1 aromatic heterocycles. The molecule has 2 N–H and O–H groups in total. The number of halogens is 2. The second kappa shape index (κ2) is 5.88. The summed E-state index contributed by atoms with van der Waals surface area (Å²) >= 11 is 0. The number of β-amino-alcohol motifs (C(OH)–C–C–N with tert-alkyl or cyclic N) is 1. The van der Waals surface area contributed by atoms with Crippen LogP contribution in [0.5, 0.6) is 0 Å². The molecule has 0 spiro atoms. The summed E-state index contributed by atoms with van der Waals surface area (Å²) in [5, 5.41) is 18.7. The first kappa shape index (κ1) is 15.3. The average Bonchev–Trinajstić information content (AvgIpc) is 2.92. The Hall–Kier alpha value is -2.61. The third-order valence-electron chi connectivity index (χ3n) is 3.76.